The van der Waals surface area contributed by atoms with Crippen LogP contribution in [-0.2, 0) is 23.9 Å². The van der Waals surface area contributed by atoms with E-state index in [9.17, 15) is 19.5 Å². The lowest BCUT2D eigenvalue weighted by molar-refractivity contribution is -0.189. The SMILES string of the molecule is CCCCCCCCCCCCCCCCCC(C[C@@H]1OC(=O)[C@H]1CC)C(OCC(N)=O)C(=O)O. The average molecular weight is 498 g/mol. The second-order valence-corrected chi connectivity index (χ2v) is 10.3. The van der Waals surface area contributed by atoms with Crippen molar-refractivity contribution < 1.29 is 29.0 Å². The summed E-state index contributed by atoms with van der Waals surface area (Å²) in [7, 11) is 0. The van der Waals surface area contributed by atoms with Crippen LogP contribution in [0.2, 0.25) is 0 Å². The first-order valence-corrected chi connectivity index (χ1v) is 14.2. The van der Waals surface area contributed by atoms with Gasteiger partial charge in [0.1, 0.15) is 12.7 Å². The fourth-order valence-corrected chi connectivity index (χ4v) is 5.09. The molecule has 1 saturated heterocycles. The number of unbranched alkanes of at least 4 members (excludes halogenated alkanes) is 14. The number of nitrogens with two attached hydrogens (primary N) is 1. The summed E-state index contributed by atoms with van der Waals surface area (Å²) in [6.07, 6.45) is 19.5. The number of carbonyl (C=O) groups excluding carboxylic acids is 2. The Morgan fingerprint density at radius 2 is 1.37 bits per heavy atom. The summed E-state index contributed by atoms with van der Waals surface area (Å²) in [4.78, 5) is 34.6. The highest BCUT2D eigenvalue weighted by molar-refractivity contribution is 5.79. The molecule has 7 heteroatoms. The van der Waals surface area contributed by atoms with Crippen molar-refractivity contribution >= 4 is 17.8 Å². The van der Waals surface area contributed by atoms with Crippen molar-refractivity contribution in [2.24, 2.45) is 17.6 Å². The van der Waals surface area contributed by atoms with Crippen molar-refractivity contribution in [1.82, 2.24) is 0 Å². The molecule has 1 rings (SSSR count). The van der Waals surface area contributed by atoms with Crippen molar-refractivity contribution in [3.05, 3.63) is 0 Å². The van der Waals surface area contributed by atoms with Crippen molar-refractivity contribution in [2.45, 2.75) is 142 Å². The van der Waals surface area contributed by atoms with Crippen molar-refractivity contribution in [3.8, 4) is 0 Å². The van der Waals surface area contributed by atoms with Gasteiger partial charge in [-0.3, -0.25) is 9.59 Å². The Hall–Kier alpha value is -1.63. The van der Waals surface area contributed by atoms with Gasteiger partial charge < -0.3 is 20.3 Å². The quantitative estimate of drug-likeness (QED) is 0.122. The van der Waals surface area contributed by atoms with Gasteiger partial charge in [0.05, 0.1) is 5.92 Å². The van der Waals surface area contributed by atoms with Crippen molar-refractivity contribution in [3.63, 3.8) is 0 Å². The zero-order chi connectivity index (χ0) is 25.9. The molecule has 0 aromatic rings. The van der Waals surface area contributed by atoms with Crippen LogP contribution < -0.4 is 5.73 Å². The average Bonchev–Trinajstić information content (AvgIpc) is 2.80. The van der Waals surface area contributed by atoms with E-state index in [-0.39, 0.29) is 23.9 Å². The van der Waals surface area contributed by atoms with Gasteiger partial charge in [0, 0.05) is 0 Å². The van der Waals surface area contributed by atoms with Gasteiger partial charge in [-0.2, -0.15) is 0 Å². The van der Waals surface area contributed by atoms with Crippen LogP contribution in [0.25, 0.3) is 0 Å². The smallest absolute Gasteiger partial charge is 0.333 e. The number of primary amides is 1. The summed E-state index contributed by atoms with van der Waals surface area (Å²) in [5, 5.41) is 9.68. The summed E-state index contributed by atoms with van der Waals surface area (Å²) >= 11 is 0. The largest absolute Gasteiger partial charge is 0.479 e. The molecule has 1 heterocycles. The molecule has 0 radical (unpaired) electrons. The minimum atomic E-state index is -1.12. The summed E-state index contributed by atoms with van der Waals surface area (Å²) in [6.45, 7) is 3.76. The number of esters is 1. The van der Waals surface area contributed by atoms with E-state index >= 15 is 0 Å². The van der Waals surface area contributed by atoms with Gasteiger partial charge in [-0.25, -0.2) is 4.79 Å². The van der Waals surface area contributed by atoms with Gasteiger partial charge in [-0.05, 0) is 25.2 Å². The standard InChI is InChI=1S/C28H51NO6/c1-3-5-6-7-8-9-10-11-12-13-14-15-16-17-18-19-22(20-24-23(4-2)28(33)35-24)26(27(31)32)34-21-25(29)30/h22-24,26H,3-21H2,1-2H3,(H2,29,30)(H,31,32)/t22?,23-,24-,26?/m0/s1. The normalized spacial score (nSPS) is 19.1. The third-order valence-corrected chi connectivity index (χ3v) is 7.25. The third kappa shape index (κ3) is 13.9. The molecule has 7 nitrogen and oxygen atoms in total. The Bertz CT molecular complexity index is 596. The first kappa shape index (κ1) is 31.4. The van der Waals surface area contributed by atoms with E-state index in [2.05, 4.69) is 6.92 Å². The van der Waals surface area contributed by atoms with Gasteiger partial charge in [-0.1, -0.05) is 110 Å². The number of carboxylic acids is 1. The van der Waals surface area contributed by atoms with E-state index in [0.717, 1.165) is 19.3 Å². The molecule has 1 fully saturated rings. The monoisotopic (exact) mass is 497 g/mol. The number of cyclic esters (lactones) is 1. The van der Waals surface area contributed by atoms with Crippen LogP contribution in [-0.4, -0.2) is 41.8 Å². The Morgan fingerprint density at radius 1 is 0.886 bits per heavy atom. The molecule has 2 unspecified atom stereocenters. The van der Waals surface area contributed by atoms with Gasteiger partial charge in [0.25, 0.3) is 0 Å². The first-order chi connectivity index (χ1) is 16.9. The van der Waals surface area contributed by atoms with Gasteiger partial charge >= 0.3 is 11.9 Å². The molecule has 1 aliphatic heterocycles. The number of carbonyl (C=O) groups is 3. The van der Waals surface area contributed by atoms with Crippen LogP contribution in [0, 0.1) is 11.8 Å². The van der Waals surface area contributed by atoms with E-state index in [0.29, 0.717) is 19.3 Å². The first-order valence-electron chi connectivity index (χ1n) is 14.2. The number of carboxylic acid groups (broad SMARTS) is 1. The van der Waals surface area contributed by atoms with Crippen LogP contribution >= 0.6 is 0 Å². The lowest BCUT2D eigenvalue weighted by Crippen LogP contribution is -2.48. The van der Waals surface area contributed by atoms with Crippen LogP contribution in [0.15, 0.2) is 0 Å². The number of amides is 1. The molecule has 0 spiro atoms. The maximum atomic E-state index is 11.8. The van der Waals surface area contributed by atoms with Crippen molar-refractivity contribution in [1.29, 1.82) is 0 Å². The molecule has 0 aromatic carbocycles. The van der Waals surface area contributed by atoms with E-state index < -0.39 is 24.6 Å². The predicted molar refractivity (Wildman–Crippen MR) is 138 cm³/mol. The van der Waals surface area contributed by atoms with Crippen molar-refractivity contribution in [2.75, 3.05) is 6.61 Å². The molecular formula is C28H51NO6. The minimum Gasteiger partial charge on any atom is -0.479 e. The second kappa shape index (κ2) is 19.5. The molecule has 0 saturated carbocycles. The van der Waals surface area contributed by atoms with E-state index in [1.807, 2.05) is 6.92 Å². The van der Waals surface area contributed by atoms with E-state index in [4.69, 9.17) is 15.2 Å². The Morgan fingerprint density at radius 3 is 1.77 bits per heavy atom. The van der Waals surface area contributed by atoms with Crippen LogP contribution in [0.1, 0.15) is 129 Å². The van der Waals surface area contributed by atoms with E-state index in [1.165, 1.54) is 77.0 Å². The summed E-state index contributed by atoms with van der Waals surface area (Å²) in [5.41, 5.74) is 5.15. The lowest BCUT2D eigenvalue weighted by atomic mass is 9.82. The highest BCUT2D eigenvalue weighted by Gasteiger charge is 2.44. The van der Waals surface area contributed by atoms with Gasteiger partial charge in [0.15, 0.2) is 6.10 Å². The molecule has 1 amide bonds. The molecule has 3 N–H and O–H groups in total. The number of hydrogen-bond acceptors (Lipinski definition) is 5. The molecule has 35 heavy (non-hydrogen) atoms. The number of ether oxygens (including phenoxy) is 2. The van der Waals surface area contributed by atoms with Crippen LogP contribution in [0.5, 0.6) is 0 Å². The Kier molecular flexibility index (Phi) is 17.5. The number of rotatable bonds is 24. The van der Waals surface area contributed by atoms with Gasteiger partial charge in [-0.15, -0.1) is 0 Å². The zero-order valence-corrected chi connectivity index (χ0v) is 22.3. The summed E-state index contributed by atoms with van der Waals surface area (Å²) in [5.74, 6) is -2.50. The Balaban J connectivity index is 2.24. The predicted octanol–water partition coefficient (Wildman–Crippen LogP) is 6.16. The molecule has 0 aliphatic carbocycles. The van der Waals surface area contributed by atoms with Crippen LogP contribution in [0.4, 0.5) is 0 Å². The van der Waals surface area contributed by atoms with Crippen LogP contribution in [0.3, 0.4) is 0 Å². The zero-order valence-electron chi connectivity index (χ0n) is 22.3. The third-order valence-electron chi connectivity index (χ3n) is 7.25. The minimum absolute atomic E-state index is 0.177. The maximum absolute atomic E-state index is 11.8. The highest BCUT2D eigenvalue weighted by Crippen LogP contribution is 2.34. The number of hydrogen-bond donors (Lipinski definition) is 2. The molecular weight excluding hydrogens is 446 g/mol. The fourth-order valence-electron chi connectivity index (χ4n) is 5.09. The van der Waals surface area contributed by atoms with Gasteiger partial charge in [0.2, 0.25) is 5.91 Å². The second-order valence-electron chi connectivity index (χ2n) is 10.3. The molecule has 204 valence electrons. The molecule has 1 aliphatic rings. The number of aliphatic carboxylic acids is 1. The van der Waals surface area contributed by atoms with E-state index in [1.54, 1.807) is 0 Å². The maximum Gasteiger partial charge on any atom is 0.333 e. The molecule has 0 aromatic heterocycles. The molecule has 4 atom stereocenters. The lowest BCUT2D eigenvalue weighted by Gasteiger charge is -2.37. The molecule has 0 bridgehead atoms. The Labute approximate surface area is 212 Å². The summed E-state index contributed by atoms with van der Waals surface area (Å²) in [6, 6.07) is 0. The summed E-state index contributed by atoms with van der Waals surface area (Å²) < 4.78 is 10.6. The topological polar surface area (TPSA) is 116 Å². The fraction of sp³-hybridized carbons (Fsp3) is 0.893. The highest BCUT2D eigenvalue weighted by atomic mass is 16.6.